The van der Waals surface area contributed by atoms with E-state index in [1.54, 1.807) is 26.5 Å². The van der Waals surface area contributed by atoms with E-state index in [1.807, 2.05) is 30.3 Å². The molecule has 10 heteroatoms. The van der Waals surface area contributed by atoms with Gasteiger partial charge in [-0.25, -0.2) is 15.0 Å². The lowest BCUT2D eigenvalue weighted by Crippen LogP contribution is -2.12. The summed E-state index contributed by atoms with van der Waals surface area (Å²) in [5.41, 5.74) is 8.87. The van der Waals surface area contributed by atoms with Crippen LogP contribution in [0.15, 0.2) is 55.1 Å². The third-order valence-electron chi connectivity index (χ3n) is 5.11. The number of carbonyl (C=O) groups is 1. The molecule has 0 bridgehead atoms. The van der Waals surface area contributed by atoms with Crippen molar-refractivity contribution in [1.82, 2.24) is 19.9 Å². The van der Waals surface area contributed by atoms with Crippen LogP contribution in [0, 0.1) is 0 Å². The van der Waals surface area contributed by atoms with Gasteiger partial charge in [-0.05, 0) is 30.3 Å². The van der Waals surface area contributed by atoms with Crippen LogP contribution >= 0.6 is 11.3 Å². The Kier molecular flexibility index (Phi) is 5.19. The van der Waals surface area contributed by atoms with Crippen LogP contribution in [0.3, 0.4) is 0 Å². The summed E-state index contributed by atoms with van der Waals surface area (Å²) < 4.78 is 11.7. The maximum atomic E-state index is 11.8. The zero-order valence-electron chi connectivity index (χ0n) is 17.7. The molecule has 2 aromatic carbocycles. The summed E-state index contributed by atoms with van der Waals surface area (Å²) in [7, 11) is 3.17. The smallest absolute Gasteiger partial charge is 0.250 e. The lowest BCUT2D eigenvalue weighted by atomic mass is 10.1. The number of ether oxygens (including phenoxy) is 2. The first-order valence-corrected chi connectivity index (χ1v) is 10.7. The molecule has 0 aliphatic heterocycles. The molecular weight excluding hydrogens is 440 g/mol. The molecule has 33 heavy (non-hydrogen) atoms. The molecule has 1 amide bonds. The van der Waals surface area contributed by atoms with Crippen LogP contribution in [0.4, 0.5) is 11.5 Å². The molecule has 9 nitrogen and oxygen atoms in total. The number of carbonyl (C=O) groups excluding carboxylic acids is 1. The molecule has 0 saturated carbocycles. The van der Waals surface area contributed by atoms with E-state index in [1.165, 1.54) is 23.9 Å². The highest BCUT2D eigenvalue weighted by atomic mass is 32.1. The zero-order chi connectivity index (χ0) is 22.9. The van der Waals surface area contributed by atoms with Crippen molar-refractivity contribution >= 4 is 49.9 Å². The maximum Gasteiger partial charge on any atom is 0.250 e. The van der Waals surface area contributed by atoms with Gasteiger partial charge in [0.25, 0.3) is 5.91 Å². The summed E-state index contributed by atoms with van der Waals surface area (Å²) in [4.78, 5) is 29.2. The summed E-state index contributed by atoms with van der Waals surface area (Å²) in [6.07, 6.45) is 4.57. The number of pyridine rings is 1. The van der Waals surface area contributed by atoms with Crippen LogP contribution in [0.1, 0.15) is 10.4 Å². The van der Waals surface area contributed by atoms with Crippen molar-refractivity contribution in [3.8, 4) is 22.1 Å². The third-order valence-corrected chi connectivity index (χ3v) is 6.16. The summed E-state index contributed by atoms with van der Waals surface area (Å²) >= 11 is 1.47. The molecule has 3 heterocycles. The molecule has 0 saturated heterocycles. The van der Waals surface area contributed by atoms with Crippen LogP contribution in [-0.4, -0.2) is 40.1 Å². The van der Waals surface area contributed by atoms with Crippen molar-refractivity contribution in [2.75, 3.05) is 19.5 Å². The number of rotatable bonds is 6. The van der Waals surface area contributed by atoms with Gasteiger partial charge in [-0.1, -0.05) is 0 Å². The van der Waals surface area contributed by atoms with Crippen LogP contribution in [0.2, 0.25) is 0 Å². The summed E-state index contributed by atoms with van der Waals surface area (Å²) in [6.45, 7) is 0. The van der Waals surface area contributed by atoms with Gasteiger partial charge in [-0.3, -0.25) is 9.78 Å². The van der Waals surface area contributed by atoms with E-state index >= 15 is 0 Å². The summed E-state index contributed by atoms with van der Waals surface area (Å²) in [5.74, 6) is 1.28. The predicted molar refractivity (Wildman–Crippen MR) is 127 cm³/mol. The molecule has 3 aromatic heterocycles. The van der Waals surface area contributed by atoms with E-state index in [9.17, 15) is 4.79 Å². The maximum absolute atomic E-state index is 11.8. The van der Waals surface area contributed by atoms with E-state index in [0.717, 1.165) is 26.8 Å². The second-order valence-corrected chi connectivity index (χ2v) is 8.09. The van der Waals surface area contributed by atoms with Crippen molar-refractivity contribution in [2.24, 2.45) is 5.73 Å². The molecule has 5 rings (SSSR count). The largest absolute Gasteiger partial charge is 0.493 e. The Morgan fingerprint density at radius 1 is 1.03 bits per heavy atom. The number of primary amides is 1. The highest BCUT2D eigenvalue weighted by Crippen LogP contribution is 2.36. The number of nitrogens with two attached hydrogens (primary N) is 1. The normalized spacial score (nSPS) is 11.0. The lowest BCUT2D eigenvalue weighted by molar-refractivity contribution is 0.100. The second-order valence-electron chi connectivity index (χ2n) is 7.06. The highest BCUT2D eigenvalue weighted by Gasteiger charge is 2.15. The number of hydrogen-bond donors (Lipinski definition) is 2. The van der Waals surface area contributed by atoms with Crippen molar-refractivity contribution < 1.29 is 14.3 Å². The third kappa shape index (κ3) is 3.76. The fourth-order valence-electron chi connectivity index (χ4n) is 3.51. The molecule has 3 N–H and O–H groups in total. The SMILES string of the molecule is COc1cc2ncnc(Nc3ccc4nc(-c5ccncc5C(N)=O)sc4c3)c2cc1OC. The van der Waals surface area contributed by atoms with E-state index < -0.39 is 5.91 Å². The van der Waals surface area contributed by atoms with Gasteiger partial charge in [-0.15, -0.1) is 11.3 Å². The van der Waals surface area contributed by atoms with Crippen molar-refractivity contribution in [3.63, 3.8) is 0 Å². The summed E-state index contributed by atoms with van der Waals surface area (Å²) in [6, 6.07) is 11.2. The van der Waals surface area contributed by atoms with Gasteiger partial charge in [0.05, 0.1) is 35.5 Å². The van der Waals surface area contributed by atoms with E-state index in [0.29, 0.717) is 33.5 Å². The second kappa shape index (κ2) is 8.32. The molecule has 0 aliphatic carbocycles. The van der Waals surface area contributed by atoms with Gasteiger partial charge >= 0.3 is 0 Å². The molecule has 0 aliphatic rings. The number of thiazole rings is 1. The number of aromatic nitrogens is 4. The van der Waals surface area contributed by atoms with Crippen molar-refractivity contribution in [3.05, 3.63) is 60.7 Å². The first-order valence-electron chi connectivity index (χ1n) is 9.86. The topological polar surface area (TPSA) is 125 Å². The van der Waals surface area contributed by atoms with Crippen LogP contribution in [0.5, 0.6) is 11.5 Å². The van der Waals surface area contributed by atoms with Gasteiger partial charge in [0.15, 0.2) is 11.5 Å². The number of anilines is 2. The molecule has 0 atom stereocenters. The Balaban J connectivity index is 1.53. The van der Waals surface area contributed by atoms with Gasteiger partial charge in [-0.2, -0.15) is 0 Å². The number of hydrogen-bond acceptors (Lipinski definition) is 9. The Morgan fingerprint density at radius 2 is 1.85 bits per heavy atom. The number of nitrogens with one attached hydrogen (secondary N) is 1. The molecule has 0 radical (unpaired) electrons. The van der Waals surface area contributed by atoms with Gasteiger partial charge in [0, 0.05) is 35.1 Å². The average Bonchev–Trinajstić information content (AvgIpc) is 3.26. The molecule has 5 aromatic rings. The zero-order valence-corrected chi connectivity index (χ0v) is 18.5. The predicted octanol–water partition coefficient (Wildman–Crippen LogP) is 4.16. The summed E-state index contributed by atoms with van der Waals surface area (Å²) in [5, 5.41) is 4.85. The monoisotopic (exact) mass is 458 g/mol. The fraction of sp³-hybridized carbons (Fsp3) is 0.0870. The quantitative estimate of drug-likeness (QED) is 0.389. The van der Waals surface area contributed by atoms with Crippen LogP contribution < -0.4 is 20.5 Å². The molecule has 0 spiro atoms. The van der Waals surface area contributed by atoms with Gasteiger partial charge in [0.1, 0.15) is 17.2 Å². The Bertz CT molecular complexity index is 1520. The standard InChI is InChI=1S/C23H18N6O3S/c1-31-18-8-14-17(9-19(18)32-2)26-11-27-22(14)28-12-3-4-16-20(7-12)33-23(29-16)13-5-6-25-10-15(13)21(24)30/h3-11H,1-2H3,(H2,24,30)(H,26,27,28). The fourth-order valence-corrected chi connectivity index (χ4v) is 4.56. The van der Waals surface area contributed by atoms with E-state index in [2.05, 4.69) is 25.3 Å². The van der Waals surface area contributed by atoms with Crippen molar-refractivity contribution in [1.29, 1.82) is 0 Å². The number of methoxy groups -OCH3 is 2. The molecule has 0 unspecified atom stereocenters. The van der Waals surface area contributed by atoms with Gasteiger partial charge < -0.3 is 20.5 Å². The Labute approximate surface area is 192 Å². The number of fused-ring (bicyclic) bond motifs is 2. The minimum atomic E-state index is -0.539. The number of amides is 1. The Morgan fingerprint density at radius 3 is 2.64 bits per heavy atom. The van der Waals surface area contributed by atoms with Crippen LogP contribution in [0.25, 0.3) is 31.7 Å². The number of benzene rings is 2. The minimum absolute atomic E-state index is 0.340. The van der Waals surface area contributed by atoms with Crippen LogP contribution in [-0.2, 0) is 0 Å². The molecule has 164 valence electrons. The van der Waals surface area contributed by atoms with E-state index in [-0.39, 0.29) is 0 Å². The van der Waals surface area contributed by atoms with E-state index in [4.69, 9.17) is 15.2 Å². The lowest BCUT2D eigenvalue weighted by Gasteiger charge is -2.12. The average molecular weight is 459 g/mol. The minimum Gasteiger partial charge on any atom is -0.493 e. The van der Waals surface area contributed by atoms with Crippen molar-refractivity contribution in [2.45, 2.75) is 0 Å². The molecule has 0 fully saturated rings. The number of nitrogens with zero attached hydrogens (tertiary/aromatic N) is 4. The molecular formula is C23H18N6O3S. The highest BCUT2D eigenvalue weighted by molar-refractivity contribution is 7.21. The van der Waals surface area contributed by atoms with Gasteiger partial charge in [0.2, 0.25) is 0 Å². The first-order chi connectivity index (χ1) is 16.1. The Hall–Kier alpha value is -4.31. The first kappa shape index (κ1) is 20.6.